The monoisotopic (exact) mass is 285 g/mol. The second-order valence-corrected chi connectivity index (χ2v) is 2.45. The summed E-state index contributed by atoms with van der Waals surface area (Å²) >= 11 is 0. The molecule has 12 heteroatoms. The smallest absolute Gasteiger partial charge is 0.759 e. The zero-order chi connectivity index (χ0) is 9.00. The van der Waals surface area contributed by atoms with E-state index in [9.17, 15) is 0 Å². The molecular weight excluding hydrogens is 283 g/mol. The van der Waals surface area contributed by atoms with Gasteiger partial charge >= 0.3 is 17.1 Å². The molecule has 0 amide bonds. The SMILES string of the molecule is O=S(=O)([O-])[O-].O=S(=O)([O-])[O-].[ClH2+].[Fe+3]. The minimum Gasteiger partial charge on any atom is -0.759 e. The fraction of sp³-hybridized carbons (Fsp3) is 0. The minimum atomic E-state index is -5.17. The first-order valence-corrected chi connectivity index (χ1v) is 4.00. The van der Waals surface area contributed by atoms with Crippen molar-refractivity contribution in [2.75, 3.05) is 0 Å². The van der Waals surface area contributed by atoms with E-state index >= 15 is 0 Å². The Morgan fingerprint density at radius 1 is 0.667 bits per heavy atom. The molecule has 0 N–H and O–H groups in total. The van der Waals surface area contributed by atoms with E-state index in [1.54, 1.807) is 0 Å². The molecule has 0 aliphatic rings. The quantitative estimate of drug-likeness (QED) is 0.255. The molecule has 0 atom stereocenters. The molecule has 0 aromatic heterocycles. The maximum atomic E-state index is 8.52. The fourth-order valence-electron chi connectivity index (χ4n) is 0. The van der Waals surface area contributed by atoms with Gasteiger partial charge in [-0.15, -0.1) is 0 Å². The first-order chi connectivity index (χ1) is 4.00. The normalized spacial score (nSPS) is 9.67. The van der Waals surface area contributed by atoms with Crippen molar-refractivity contribution >= 4 is 20.8 Å². The van der Waals surface area contributed by atoms with Crippen LogP contribution in [0.5, 0.6) is 0 Å². The Balaban J connectivity index is -0.0000000457. The van der Waals surface area contributed by atoms with Crippen molar-refractivity contribution in [3.63, 3.8) is 0 Å². The van der Waals surface area contributed by atoms with Crippen LogP contribution in [0.25, 0.3) is 0 Å². The average Bonchev–Trinajstić information content (AvgIpc) is 1.12. The van der Waals surface area contributed by atoms with Crippen molar-refractivity contribution in [1.29, 1.82) is 0 Å². The van der Waals surface area contributed by atoms with E-state index in [1.165, 1.54) is 0 Å². The van der Waals surface area contributed by atoms with E-state index < -0.39 is 20.8 Å². The van der Waals surface area contributed by atoms with E-state index in [0.717, 1.165) is 0 Å². The van der Waals surface area contributed by atoms with Gasteiger partial charge in [0.05, 0.1) is 12.4 Å². The van der Waals surface area contributed by atoms with Gasteiger partial charge in [-0.25, -0.2) is 0 Å². The number of halogens is 1. The van der Waals surface area contributed by atoms with Crippen LogP contribution in [0.3, 0.4) is 0 Å². The largest absolute Gasteiger partial charge is 3.00 e. The molecule has 0 saturated heterocycles. The molecule has 0 bridgehead atoms. The van der Waals surface area contributed by atoms with Crippen LogP contribution < -0.4 is 0 Å². The summed E-state index contributed by atoms with van der Waals surface area (Å²) in [6.07, 6.45) is 0. The van der Waals surface area contributed by atoms with Gasteiger partial charge < -0.3 is 18.2 Å². The molecule has 0 aromatic carbocycles. The van der Waals surface area contributed by atoms with E-state index in [-0.39, 0.29) is 29.5 Å². The molecule has 0 aliphatic carbocycles. The standard InChI is InChI=1S/ClH2.Fe.2H2O4S/c;;2*1-5(2,3)4/h1H2;;2*(H2,1,2,3,4)/q+1;+3;;/p-4. The van der Waals surface area contributed by atoms with Crippen molar-refractivity contribution in [3.8, 4) is 0 Å². The van der Waals surface area contributed by atoms with Gasteiger partial charge in [0.15, 0.2) is 0 Å². The summed E-state index contributed by atoms with van der Waals surface area (Å²) in [5.74, 6) is 0. The van der Waals surface area contributed by atoms with Gasteiger partial charge in [0, 0.05) is 20.8 Å². The van der Waals surface area contributed by atoms with Crippen LogP contribution in [-0.2, 0) is 37.9 Å². The minimum absolute atomic E-state index is 0. The molecule has 0 heterocycles. The summed E-state index contributed by atoms with van der Waals surface area (Å²) < 4.78 is 68.2. The Hall–Kier alpha value is 0.549. The van der Waals surface area contributed by atoms with Crippen molar-refractivity contribution in [3.05, 3.63) is 0 Å². The van der Waals surface area contributed by atoms with Crippen molar-refractivity contribution < 1.29 is 64.5 Å². The third-order valence-electron chi connectivity index (χ3n) is 0. The van der Waals surface area contributed by atoms with Crippen LogP contribution in [-0.4, -0.2) is 35.0 Å². The van der Waals surface area contributed by atoms with Crippen LogP contribution in [0.1, 0.15) is 0 Å². The summed E-state index contributed by atoms with van der Waals surface area (Å²) in [6.45, 7) is 0. The fourth-order valence-corrected chi connectivity index (χ4v) is 0. The van der Waals surface area contributed by atoms with Gasteiger partial charge in [-0.2, -0.15) is 0 Å². The molecule has 1 radical (unpaired) electrons. The molecule has 8 nitrogen and oxygen atoms in total. The number of rotatable bonds is 0. The van der Waals surface area contributed by atoms with E-state index in [1.807, 2.05) is 0 Å². The Morgan fingerprint density at radius 2 is 0.667 bits per heavy atom. The molecule has 0 fully saturated rings. The van der Waals surface area contributed by atoms with Crippen molar-refractivity contribution in [1.82, 2.24) is 0 Å². The average molecular weight is 285 g/mol. The Kier molecular flexibility index (Phi) is 15.6. The van der Waals surface area contributed by atoms with Crippen LogP contribution in [0, 0.1) is 12.4 Å². The third kappa shape index (κ3) is 3190. The number of hydrogen-bond acceptors (Lipinski definition) is 8. The van der Waals surface area contributed by atoms with Crippen molar-refractivity contribution in [2.24, 2.45) is 0 Å². The molecule has 0 aliphatic heterocycles. The molecule has 77 valence electrons. The van der Waals surface area contributed by atoms with Crippen molar-refractivity contribution in [2.45, 2.75) is 0 Å². The van der Waals surface area contributed by atoms with Gasteiger partial charge in [-0.3, -0.25) is 16.8 Å². The molecule has 0 aromatic rings. The summed E-state index contributed by atoms with van der Waals surface area (Å²) in [4.78, 5) is 0. The summed E-state index contributed by atoms with van der Waals surface area (Å²) in [7, 11) is -10.3. The predicted molar refractivity (Wildman–Crippen MR) is 23.7 cm³/mol. The first kappa shape index (κ1) is 22.9. The topological polar surface area (TPSA) is 161 Å². The maximum Gasteiger partial charge on any atom is 3.00 e. The second-order valence-electron chi connectivity index (χ2n) is 0.816. The first-order valence-electron chi connectivity index (χ1n) is 1.33. The molecule has 0 rings (SSSR count). The van der Waals surface area contributed by atoms with E-state index in [4.69, 9.17) is 35.0 Å². The Morgan fingerprint density at radius 3 is 0.667 bits per heavy atom. The van der Waals surface area contributed by atoms with Gasteiger partial charge in [0.25, 0.3) is 0 Å². The third-order valence-corrected chi connectivity index (χ3v) is 0. The van der Waals surface area contributed by atoms with Crippen LogP contribution >= 0.6 is 0 Å². The van der Waals surface area contributed by atoms with Crippen LogP contribution in [0.2, 0.25) is 0 Å². The predicted octanol–water partition coefficient (Wildman–Crippen LogP) is -3.21. The summed E-state index contributed by atoms with van der Waals surface area (Å²) in [5, 5.41) is 0. The van der Waals surface area contributed by atoms with E-state index in [2.05, 4.69) is 0 Å². The molecule has 0 unspecified atom stereocenters. The summed E-state index contributed by atoms with van der Waals surface area (Å²) in [5.41, 5.74) is 0. The molecule has 12 heavy (non-hydrogen) atoms. The molecule has 0 saturated carbocycles. The van der Waals surface area contributed by atoms with E-state index in [0.29, 0.717) is 0 Å². The summed E-state index contributed by atoms with van der Waals surface area (Å²) in [6, 6.07) is 0. The zero-order valence-electron chi connectivity index (χ0n) is 4.88. The zero-order valence-corrected chi connectivity index (χ0v) is 8.51. The van der Waals surface area contributed by atoms with Gasteiger partial charge in [0.2, 0.25) is 0 Å². The van der Waals surface area contributed by atoms with Gasteiger partial charge in [-0.1, -0.05) is 0 Å². The Bertz CT molecular complexity index is 213. The number of hydrogen-bond donors (Lipinski definition) is 0. The molecule has 0 spiro atoms. The Labute approximate surface area is 85.4 Å². The maximum absolute atomic E-state index is 8.52. The van der Waals surface area contributed by atoms with Crippen LogP contribution in [0.15, 0.2) is 0 Å². The van der Waals surface area contributed by atoms with Gasteiger partial charge in [0.1, 0.15) is 0 Å². The van der Waals surface area contributed by atoms with Gasteiger partial charge in [-0.05, 0) is 0 Å². The van der Waals surface area contributed by atoms with Crippen LogP contribution in [0.4, 0.5) is 0 Å². The second kappa shape index (κ2) is 8.16. The molecular formula is H2ClFeO8S2.